The van der Waals surface area contributed by atoms with Crippen LogP contribution < -0.4 is 10.6 Å². The fourth-order valence-corrected chi connectivity index (χ4v) is 2.70. The molecule has 0 radical (unpaired) electrons. The van der Waals surface area contributed by atoms with Crippen LogP contribution in [0.1, 0.15) is 13.3 Å². The first kappa shape index (κ1) is 12.9. The van der Waals surface area contributed by atoms with Crippen LogP contribution in [0.2, 0.25) is 0 Å². The van der Waals surface area contributed by atoms with Gasteiger partial charge in [0.25, 0.3) is 0 Å². The Kier molecular flexibility index (Phi) is 3.86. The van der Waals surface area contributed by atoms with Crippen LogP contribution in [0.3, 0.4) is 0 Å². The van der Waals surface area contributed by atoms with Gasteiger partial charge < -0.3 is 10.6 Å². The van der Waals surface area contributed by atoms with Gasteiger partial charge in [0.05, 0.1) is 17.6 Å². The molecule has 2 N–H and O–H groups in total. The van der Waals surface area contributed by atoms with Crippen LogP contribution in [0.25, 0.3) is 0 Å². The zero-order chi connectivity index (χ0) is 13.1. The molecule has 0 saturated carbocycles. The number of thioether (sulfide) groups is 1. The second-order valence-corrected chi connectivity index (χ2v) is 5.51. The van der Waals surface area contributed by atoms with Crippen molar-refractivity contribution in [1.82, 2.24) is 4.98 Å². The molecule has 0 aromatic carbocycles. The van der Waals surface area contributed by atoms with Gasteiger partial charge in [-0.1, -0.05) is 11.8 Å². The molecule has 1 saturated heterocycles. The number of pyridine rings is 1. The van der Waals surface area contributed by atoms with Crippen LogP contribution in [0, 0.1) is 5.92 Å². The Morgan fingerprint density at radius 3 is 3.11 bits per heavy atom. The zero-order valence-electron chi connectivity index (χ0n) is 10.1. The summed E-state index contributed by atoms with van der Waals surface area (Å²) in [5.74, 6) is 0.948. The van der Waals surface area contributed by atoms with Crippen molar-refractivity contribution >= 4 is 34.2 Å². The summed E-state index contributed by atoms with van der Waals surface area (Å²) in [6.07, 6.45) is 3.64. The number of nitrogens with zero attached hydrogens (tertiary/aromatic N) is 2. The van der Waals surface area contributed by atoms with Gasteiger partial charge in [-0.25, -0.2) is 0 Å². The highest BCUT2D eigenvalue weighted by Crippen LogP contribution is 2.30. The standard InChI is InChI=1S/C12H15N3O2S/c1-8(16)18-7-9-4-12(17)15(6-9)11-2-3-14-5-10(11)13/h2-3,5,9H,4,6-7,13H2,1H3. The first-order chi connectivity index (χ1) is 8.58. The van der Waals surface area contributed by atoms with Crippen molar-refractivity contribution in [3.63, 3.8) is 0 Å². The third-order valence-corrected chi connectivity index (χ3v) is 3.89. The van der Waals surface area contributed by atoms with Crippen LogP contribution in [-0.4, -0.2) is 28.3 Å². The van der Waals surface area contributed by atoms with E-state index in [9.17, 15) is 9.59 Å². The highest BCUT2D eigenvalue weighted by Gasteiger charge is 2.31. The highest BCUT2D eigenvalue weighted by atomic mass is 32.2. The van der Waals surface area contributed by atoms with Crippen LogP contribution in [0.15, 0.2) is 18.5 Å². The van der Waals surface area contributed by atoms with Gasteiger partial charge in [-0.3, -0.25) is 14.6 Å². The number of hydrogen-bond acceptors (Lipinski definition) is 5. The first-order valence-electron chi connectivity index (χ1n) is 5.71. The summed E-state index contributed by atoms with van der Waals surface area (Å²) in [7, 11) is 0. The van der Waals surface area contributed by atoms with E-state index in [1.54, 1.807) is 30.3 Å². The summed E-state index contributed by atoms with van der Waals surface area (Å²) in [6.45, 7) is 2.16. The van der Waals surface area contributed by atoms with Gasteiger partial charge in [0.15, 0.2) is 5.12 Å². The number of rotatable bonds is 3. The van der Waals surface area contributed by atoms with Crippen molar-refractivity contribution < 1.29 is 9.59 Å². The van der Waals surface area contributed by atoms with Gasteiger partial charge in [-0.2, -0.15) is 0 Å². The molecule has 1 aromatic heterocycles. The van der Waals surface area contributed by atoms with E-state index in [-0.39, 0.29) is 16.9 Å². The molecule has 18 heavy (non-hydrogen) atoms. The summed E-state index contributed by atoms with van der Waals surface area (Å²) in [6, 6.07) is 1.74. The Morgan fingerprint density at radius 1 is 1.67 bits per heavy atom. The Hall–Kier alpha value is -1.56. The van der Waals surface area contributed by atoms with Crippen LogP contribution in [0.5, 0.6) is 0 Å². The molecule has 1 aliphatic rings. The Balaban J connectivity index is 2.06. The number of hydrogen-bond donors (Lipinski definition) is 1. The highest BCUT2D eigenvalue weighted by molar-refractivity contribution is 8.13. The molecule has 1 unspecified atom stereocenters. The third kappa shape index (κ3) is 2.81. The number of aromatic nitrogens is 1. The summed E-state index contributed by atoms with van der Waals surface area (Å²) in [5.41, 5.74) is 7.03. The molecule has 96 valence electrons. The monoisotopic (exact) mass is 265 g/mol. The van der Waals surface area contributed by atoms with E-state index in [4.69, 9.17) is 5.73 Å². The Morgan fingerprint density at radius 2 is 2.44 bits per heavy atom. The number of carbonyl (C=O) groups is 2. The smallest absolute Gasteiger partial charge is 0.227 e. The van der Waals surface area contributed by atoms with Crippen molar-refractivity contribution in [2.24, 2.45) is 5.92 Å². The van der Waals surface area contributed by atoms with E-state index < -0.39 is 0 Å². The van der Waals surface area contributed by atoms with Crippen molar-refractivity contribution in [3.8, 4) is 0 Å². The summed E-state index contributed by atoms with van der Waals surface area (Å²) in [4.78, 5) is 28.5. The molecule has 5 nitrogen and oxygen atoms in total. The minimum Gasteiger partial charge on any atom is -0.396 e. The molecule has 1 amide bonds. The maximum absolute atomic E-state index is 11.9. The summed E-state index contributed by atoms with van der Waals surface area (Å²) in [5, 5.41) is 0.0873. The van der Waals surface area contributed by atoms with Gasteiger partial charge in [0, 0.05) is 31.8 Å². The number of nitrogens with two attached hydrogens (primary N) is 1. The second kappa shape index (κ2) is 5.39. The maximum atomic E-state index is 11.9. The molecule has 0 bridgehead atoms. The van der Waals surface area contributed by atoms with Crippen LogP contribution in [-0.2, 0) is 9.59 Å². The fourth-order valence-electron chi connectivity index (χ4n) is 2.01. The molecule has 0 aliphatic carbocycles. The van der Waals surface area contributed by atoms with Crippen LogP contribution >= 0.6 is 11.8 Å². The predicted molar refractivity (Wildman–Crippen MR) is 72.2 cm³/mol. The van der Waals surface area contributed by atoms with Gasteiger partial charge >= 0.3 is 0 Å². The van der Waals surface area contributed by atoms with E-state index in [0.29, 0.717) is 30.1 Å². The molecular formula is C12H15N3O2S. The van der Waals surface area contributed by atoms with E-state index in [2.05, 4.69) is 4.98 Å². The van der Waals surface area contributed by atoms with Gasteiger partial charge in [0.2, 0.25) is 5.91 Å². The first-order valence-corrected chi connectivity index (χ1v) is 6.69. The van der Waals surface area contributed by atoms with Crippen LogP contribution in [0.4, 0.5) is 11.4 Å². The lowest BCUT2D eigenvalue weighted by atomic mass is 10.1. The molecule has 1 aliphatic heterocycles. The van der Waals surface area contributed by atoms with E-state index in [1.807, 2.05) is 0 Å². The van der Waals surface area contributed by atoms with Gasteiger partial charge in [0.1, 0.15) is 0 Å². The molecule has 2 heterocycles. The lowest BCUT2D eigenvalue weighted by Gasteiger charge is -2.18. The molecule has 2 rings (SSSR count). The number of amides is 1. The Bertz CT molecular complexity index is 478. The van der Waals surface area contributed by atoms with Gasteiger partial charge in [-0.15, -0.1) is 0 Å². The number of anilines is 2. The number of nitrogen functional groups attached to an aromatic ring is 1. The molecule has 0 spiro atoms. The molecule has 1 atom stereocenters. The minimum atomic E-state index is 0.0575. The summed E-state index contributed by atoms with van der Waals surface area (Å²) < 4.78 is 0. The van der Waals surface area contributed by atoms with E-state index in [0.717, 1.165) is 0 Å². The average Bonchev–Trinajstić information content (AvgIpc) is 2.69. The molecular weight excluding hydrogens is 250 g/mol. The quantitative estimate of drug-likeness (QED) is 0.891. The van der Waals surface area contributed by atoms with Crippen molar-refractivity contribution in [2.45, 2.75) is 13.3 Å². The fraction of sp³-hybridized carbons (Fsp3) is 0.417. The second-order valence-electron chi connectivity index (χ2n) is 4.31. The SMILES string of the molecule is CC(=O)SCC1CC(=O)N(c2ccncc2N)C1. The number of carbonyl (C=O) groups excluding carboxylic acids is 2. The largest absolute Gasteiger partial charge is 0.396 e. The normalized spacial score (nSPS) is 19.3. The minimum absolute atomic E-state index is 0.0575. The maximum Gasteiger partial charge on any atom is 0.227 e. The molecule has 1 fully saturated rings. The van der Waals surface area contributed by atoms with E-state index in [1.165, 1.54) is 11.8 Å². The molecule has 6 heteroatoms. The average molecular weight is 265 g/mol. The molecule has 1 aromatic rings. The topological polar surface area (TPSA) is 76.3 Å². The lowest BCUT2D eigenvalue weighted by molar-refractivity contribution is -0.117. The van der Waals surface area contributed by atoms with Crippen molar-refractivity contribution in [3.05, 3.63) is 18.5 Å². The van der Waals surface area contributed by atoms with Crippen molar-refractivity contribution in [2.75, 3.05) is 22.9 Å². The van der Waals surface area contributed by atoms with Gasteiger partial charge in [-0.05, 0) is 12.0 Å². The van der Waals surface area contributed by atoms with Crippen molar-refractivity contribution in [1.29, 1.82) is 0 Å². The zero-order valence-corrected chi connectivity index (χ0v) is 10.9. The predicted octanol–water partition coefficient (Wildman–Crippen LogP) is 1.30. The third-order valence-electron chi connectivity index (χ3n) is 2.85. The lowest BCUT2D eigenvalue weighted by Crippen LogP contribution is -2.25. The summed E-state index contributed by atoms with van der Waals surface area (Å²) >= 11 is 1.27. The Labute approximate surface area is 110 Å². The van der Waals surface area contributed by atoms with E-state index >= 15 is 0 Å².